The standard InChI is InChI=1S/C30H33N3O6/c1-35-27(34)17-25-28(36-19-22-11-5-2-6-12-22)30(38-21-24-15-9-4-10-16-24)29(26(39-25)18-32-33-31)37-20-23-13-7-3-8-14-23/h2-16,25-26,28-30H,17-21H2,1H3/t25-,26-,28+,29-,30-/m1/s1. The third-order valence-corrected chi connectivity index (χ3v) is 6.51. The van der Waals surface area contributed by atoms with Crippen LogP contribution in [-0.4, -0.2) is 50.1 Å². The summed E-state index contributed by atoms with van der Waals surface area (Å²) in [5, 5.41) is 3.77. The maximum atomic E-state index is 12.4. The summed E-state index contributed by atoms with van der Waals surface area (Å²) in [6, 6.07) is 29.3. The molecule has 1 aliphatic rings. The van der Waals surface area contributed by atoms with Gasteiger partial charge in [0.15, 0.2) is 0 Å². The minimum Gasteiger partial charge on any atom is -0.469 e. The molecule has 1 saturated heterocycles. The molecular weight excluding hydrogens is 498 g/mol. The number of carbonyl (C=O) groups is 1. The summed E-state index contributed by atoms with van der Waals surface area (Å²) in [4.78, 5) is 15.3. The van der Waals surface area contributed by atoms with E-state index >= 15 is 0 Å². The van der Waals surface area contributed by atoms with Crippen LogP contribution in [0.2, 0.25) is 0 Å². The number of hydrogen-bond acceptors (Lipinski definition) is 7. The van der Waals surface area contributed by atoms with Gasteiger partial charge in [0.2, 0.25) is 0 Å². The van der Waals surface area contributed by atoms with E-state index in [0.29, 0.717) is 13.2 Å². The van der Waals surface area contributed by atoms with Gasteiger partial charge in [0.05, 0.1) is 52.1 Å². The molecule has 0 spiro atoms. The van der Waals surface area contributed by atoms with Crippen molar-refractivity contribution >= 4 is 5.97 Å². The number of nitrogens with zero attached hydrogens (tertiary/aromatic N) is 3. The van der Waals surface area contributed by atoms with Crippen LogP contribution in [0.1, 0.15) is 23.1 Å². The number of carbonyl (C=O) groups excluding carboxylic acids is 1. The molecule has 0 unspecified atom stereocenters. The van der Waals surface area contributed by atoms with Crippen molar-refractivity contribution in [3.8, 4) is 0 Å². The van der Waals surface area contributed by atoms with Crippen molar-refractivity contribution < 1.29 is 28.5 Å². The highest BCUT2D eigenvalue weighted by atomic mass is 16.6. The van der Waals surface area contributed by atoms with Crippen LogP contribution in [0.3, 0.4) is 0 Å². The minimum atomic E-state index is -0.711. The Balaban J connectivity index is 1.65. The van der Waals surface area contributed by atoms with Gasteiger partial charge in [-0.3, -0.25) is 4.79 Å². The molecule has 3 aromatic rings. The van der Waals surface area contributed by atoms with Gasteiger partial charge in [-0.1, -0.05) is 96.1 Å². The van der Waals surface area contributed by atoms with Gasteiger partial charge >= 0.3 is 5.97 Å². The number of azide groups is 1. The Morgan fingerprint density at radius 2 is 1.18 bits per heavy atom. The number of ether oxygens (including phenoxy) is 5. The molecule has 9 heteroatoms. The van der Waals surface area contributed by atoms with Crippen molar-refractivity contribution in [2.24, 2.45) is 5.11 Å². The molecule has 0 radical (unpaired) electrons. The van der Waals surface area contributed by atoms with Crippen LogP contribution in [0.15, 0.2) is 96.1 Å². The number of rotatable bonds is 13. The van der Waals surface area contributed by atoms with Gasteiger partial charge in [0.25, 0.3) is 0 Å². The Labute approximate surface area is 228 Å². The summed E-state index contributed by atoms with van der Waals surface area (Å²) in [5.74, 6) is -0.443. The second-order valence-electron chi connectivity index (χ2n) is 9.19. The monoisotopic (exact) mass is 531 g/mol. The van der Waals surface area contributed by atoms with E-state index < -0.39 is 36.5 Å². The van der Waals surface area contributed by atoms with Crippen molar-refractivity contribution in [3.05, 3.63) is 118 Å². The molecule has 5 atom stereocenters. The fourth-order valence-corrected chi connectivity index (χ4v) is 4.56. The Morgan fingerprint density at radius 1 is 0.744 bits per heavy atom. The van der Waals surface area contributed by atoms with Crippen LogP contribution in [0, 0.1) is 0 Å². The van der Waals surface area contributed by atoms with Gasteiger partial charge in [0.1, 0.15) is 18.3 Å². The van der Waals surface area contributed by atoms with Crippen LogP contribution >= 0.6 is 0 Å². The average molecular weight is 532 g/mol. The topological polar surface area (TPSA) is 112 Å². The highest BCUT2D eigenvalue weighted by Gasteiger charge is 2.48. The molecule has 3 aromatic carbocycles. The molecule has 1 fully saturated rings. The molecule has 4 rings (SSSR count). The van der Waals surface area contributed by atoms with Crippen LogP contribution in [-0.2, 0) is 48.3 Å². The lowest BCUT2D eigenvalue weighted by atomic mass is 9.92. The number of hydrogen-bond donors (Lipinski definition) is 0. The van der Waals surface area contributed by atoms with E-state index in [2.05, 4.69) is 10.0 Å². The molecule has 0 N–H and O–H groups in total. The fraction of sp³-hybridized carbons (Fsp3) is 0.367. The molecule has 0 saturated carbocycles. The Kier molecular flexibility index (Phi) is 10.9. The van der Waals surface area contributed by atoms with Gasteiger partial charge in [-0.2, -0.15) is 0 Å². The predicted molar refractivity (Wildman–Crippen MR) is 144 cm³/mol. The maximum absolute atomic E-state index is 12.4. The first-order valence-electron chi connectivity index (χ1n) is 12.9. The van der Waals surface area contributed by atoms with Crippen molar-refractivity contribution in [2.45, 2.75) is 56.8 Å². The molecule has 1 aliphatic heterocycles. The van der Waals surface area contributed by atoms with E-state index in [0.717, 1.165) is 16.7 Å². The second-order valence-corrected chi connectivity index (χ2v) is 9.19. The lowest BCUT2D eigenvalue weighted by Gasteiger charge is -2.46. The molecule has 0 bridgehead atoms. The molecular formula is C30H33N3O6. The van der Waals surface area contributed by atoms with E-state index in [9.17, 15) is 4.79 Å². The fourth-order valence-electron chi connectivity index (χ4n) is 4.56. The zero-order chi connectivity index (χ0) is 27.3. The molecule has 204 valence electrons. The first kappa shape index (κ1) is 28.3. The van der Waals surface area contributed by atoms with E-state index in [1.54, 1.807) is 0 Å². The Bertz CT molecular complexity index is 1190. The summed E-state index contributed by atoms with van der Waals surface area (Å²) in [5.41, 5.74) is 12.0. The second kappa shape index (κ2) is 15.0. The summed E-state index contributed by atoms with van der Waals surface area (Å²) in [6.07, 6.45) is -3.39. The zero-order valence-corrected chi connectivity index (χ0v) is 21.9. The smallest absolute Gasteiger partial charge is 0.308 e. The third-order valence-electron chi connectivity index (χ3n) is 6.51. The SMILES string of the molecule is COC(=O)C[C@H]1O[C@H](CN=[N+]=[N-])[C@@H](OCc2ccccc2)[C@H](OCc2ccccc2)[C@H]1OCc1ccccc1. The summed E-state index contributed by atoms with van der Waals surface area (Å²) in [6.45, 7) is 0.870. The largest absolute Gasteiger partial charge is 0.469 e. The molecule has 39 heavy (non-hydrogen) atoms. The van der Waals surface area contributed by atoms with Crippen LogP contribution in [0.5, 0.6) is 0 Å². The molecule has 9 nitrogen and oxygen atoms in total. The predicted octanol–water partition coefficient (Wildman–Crippen LogP) is 5.38. The number of methoxy groups -OCH3 is 1. The molecule has 0 aromatic heterocycles. The highest BCUT2D eigenvalue weighted by molar-refractivity contribution is 5.69. The molecule has 0 aliphatic carbocycles. The van der Waals surface area contributed by atoms with Crippen LogP contribution < -0.4 is 0 Å². The van der Waals surface area contributed by atoms with Gasteiger partial charge in [-0.15, -0.1) is 0 Å². The zero-order valence-electron chi connectivity index (χ0n) is 21.9. The molecule has 0 amide bonds. The average Bonchev–Trinajstić information content (AvgIpc) is 2.99. The quantitative estimate of drug-likeness (QED) is 0.127. The van der Waals surface area contributed by atoms with Crippen LogP contribution in [0.4, 0.5) is 0 Å². The number of benzene rings is 3. The Hall–Kier alpha value is -3.72. The normalized spacial score (nSPS) is 22.5. The first-order chi connectivity index (χ1) is 19.2. The summed E-state index contributed by atoms with van der Waals surface area (Å²) >= 11 is 0. The highest BCUT2D eigenvalue weighted by Crippen LogP contribution is 2.32. The van der Waals surface area contributed by atoms with Gasteiger partial charge in [-0.25, -0.2) is 0 Å². The van der Waals surface area contributed by atoms with Gasteiger partial charge < -0.3 is 23.7 Å². The van der Waals surface area contributed by atoms with Crippen molar-refractivity contribution in [2.75, 3.05) is 13.7 Å². The Morgan fingerprint density at radius 3 is 1.62 bits per heavy atom. The van der Waals surface area contributed by atoms with Gasteiger partial charge in [-0.05, 0) is 22.2 Å². The van der Waals surface area contributed by atoms with Crippen LogP contribution in [0.25, 0.3) is 10.4 Å². The van der Waals surface area contributed by atoms with Crippen molar-refractivity contribution in [1.82, 2.24) is 0 Å². The third kappa shape index (κ3) is 8.38. The van der Waals surface area contributed by atoms with E-state index in [-0.39, 0.29) is 19.6 Å². The first-order valence-corrected chi connectivity index (χ1v) is 12.9. The lowest BCUT2D eigenvalue weighted by molar-refractivity contribution is -0.263. The van der Waals surface area contributed by atoms with E-state index in [1.807, 2.05) is 91.0 Å². The maximum Gasteiger partial charge on any atom is 0.308 e. The minimum absolute atomic E-state index is 0.00420. The summed E-state index contributed by atoms with van der Waals surface area (Å²) < 4.78 is 30.6. The van der Waals surface area contributed by atoms with E-state index in [1.165, 1.54) is 7.11 Å². The van der Waals surface area contributed by atoms with Gasteiger partial charge in [0, 0.05) is 4.91 Å². The summed E-state index contributed by atoms with van der Waals surface area (Å²) in [7, 11) is 1.33. The van der Waals surface area contributed by atoms with Crippen molar-refractivity contribution in [3.63, 3.8) is 0 Å². The van der Waals surface area contributed by atoms with E-state index in [4.69, 9.17) is 29.2 Å². The number of esters is 1. The van der Waals surface area contributed by atoms with Crippen molar-refractivity contribution in [1.29, 1.82) is 0 Å². The lowest BCUT2D eigenvalue weighted by Crippen LogP contribution is -2.61. The molecule has 1 heterocycles.